The van der Waals surface area contributed by atoms with Gasteiger partial charge in [0.05, 0.1) is 35.1 Å². The summed E-state index contributed by atoms with van der Waals surface area (Å²) in [5.41, 5.74) is 9.80. The quantitative estimate of drug-likeness (QED) is 0.438. The van der Waals surface area contributed by atoms with Gasteiger partial charge in [0, 0.05) is 23.5 Å². The van der Waals surface area contributed by atoms with Gasteiger partial charge < -0.3 is 14.2 Å². The zero-order valence-electron chi connectivity index (χ0n) is 18.1. The minimum Gasteiger partial charge on any atom is -0.496 e. The predicted molar refractivity (Wildman–Crippen MR) is 123 cm³/mol. The average molecular weight is 427 g/mol. The molecule has 0 fully saturated rings. The van der Waals surface area contributed by atoms with Gasteiger partial charge in [0.25, 0.3) is 0 Å². The molecule has 9 heteroatoms. The van der Waals surface area contributed by atoms with Crippen molar-refractivity contribution in [2.45, 2.75) is 13.8 Å². The van der Waals surface area contributed by atoms with Crippen LogP contribution in [-0.2, 0) is 0 Å². The first-order chi connectivity index (χ1) is 15.6. The van der Waals surface area contributed by atoms with Crippen molar-refractivity contribution in [3.8, 4) is 16.9 Å². The number of rotatable bonds is 3. The number of hydrogen-bond acceptors (Lipinski definition) is 8. The molecule has 9 nitrogen and oxygen atoms in total. The van der Waals surface area contributed by atoms with Crippen LogP contribution in [0.25, 0.3) is 33.1 Å². The molecule has 0 saturated carbocycles. The summed E-state index contributed by atoms with van der Waals surface area (Å²) in [4.78, 5) is 12.6. The SMILES string of the molecule is COc1cc2c(cc1-c1c(C)noc1C)[nH]c1ncnc(N3NN(C)c4ccccc43)c12. The monoisotopic (exact) mass is 427 g/mol. The molecule has 5 aromatic rings. The maximum absolute atomic E-state index is 5.78. The van der Waals surface area contributed by atoms with Gasteiger partial charge in [0.15, 0.2) is 5.82 Å². The van der Waals surface area contributed by atoms with Gasteiger partial charge in [0.2, 0.25) is 0 Å². The van der Waals surface area contributed by atoms with Crippen molar-refractivity contribution in [1.82, 2.24) is 25.6 Å². The molecule has 0 bridgehead atoms. The van der Waals surface area contributed by atoms with E-state index in [-0.39, 0.29) is 0 Å². The molecule has 0 aliphatic carbocycles. The summed E-state index contributed by atoms with van der Waals surface area (Å²) in [6.07, 6.45) is 1.57. The number of anilines is 3. The third-order valence-electron chi connectivity index (χ3n) is 5.94. The third kappa shape index (κ3) is 2.51. The van der Waals surface area contributed by atoms with Crippen LogP contribution in [0.1, 0.15) is 11.5 Å². The summed E-state index contributed by atoms with van der Waals surface area (Å²) in [5, 5.41) is 9.92. The minimum atomic E-state index is 0.731. The first-order valence-corrected chi connectivity index (χ1v) is 10.2. The highest BCUT2D eigenvalue weighted by atomic mass is 16.5. The number of hydrogen-bond donors (Lipinski definition) is 2. The van der Waals surface area contributed by atoms with E-state index in [4.69, 9.17) is 9.26 Å². The molecular weight excluding hydrogens is 406 g/mol. The van der Waals surface area contributed by atoms with Crippen molar-refractivity contribution in [3.05, 3.63) is 54.2 Å². The van der Waals surface area contributed by atoms with E-state index in [0.29, 0.717) is 0 Å². The second-order valence-corrected chi connectivity index (χ2v) is 7.83. The molecule has 32 heavy (non-hydrogen) atoms. The molecule has 1 aliphatic rings. The highest BCUT2D eigenvalue weighted by molar-refractivity contribution is 6.13. The van der Waals surface area contributed by atoms with E-state index in [9.17, 15) is 0 Å². The molecule has 0 radical (unpaired) electrons. The number of nitrogens with one attached hydrogen (secondary N) is 2. The lowest BCUT2D eigenvalue weighted by Gasteiger charge is -2.19. The normalized spacial score (nSPS) is 13.4. The predicted octanol–water partition coefficient (Wildman–Crippen LogP) is 4.40. The van der Waals surface area contributed by atoms with E-state index in [0.717, 1.165) is 67.5 Å². The van der Waals surface area contributed by atoms with Crippen molar-refractivity contribution in [2.24, 2.45) is 0 Å². The second-order valence-electron chi connectivity index (χ2n) is 7.83. The Morgan fingerprint density at radius 2 is 1.88 bits per heavy atom. The van der Waals surface area contributed by atoms with Crippen molar-refractivity contribution in [3.63, 3.8) is 0 Å². The number of para-hydroxylation sites is 2. The number of fused-ring (bicyclic) bond motifs is 4. The number of aromatic nitrogens is 4. The molecule has 2 aromatic carbocycles. The molecule has 0 unspecified atom stereocenters. The smallest absolute Gasteiger partial charge is 0.162 e. The lowest BCUT2D eigenvalue weighted by atomic mass is 10.0. The van der Waals surface area contributed by atoms with Gasteiger partial charge in [-0.25, -0.2) is 15.0 Å². The molecule has 0 saturated heterocycles. The first kappa shape index (κ1) is 18.6. The van der Waals surface area contributed by atoms with E-state index in [1.165, 1.54) is 0 Å². The number of aromatic amines is 1. The van der Waals surface area contributed by atoms with Crippen molar-refractivity contribution >= 4 is 39.1 Å². The van der Waals surface area contributed by atoms with Crippen LogP contribution in [-0.4, -0.2) is 34.3 Å². The van der Waals surface area contributed by atoms with E-state index in [1.54, 1.807) is 13.4 Å². The first-order valence-electron chi connectivity index (χ1n) is 10.2. The Kier molecular flexibility index (Phi) is 3.90. The molecule has 0 amide bonds. The van der Waals surface area contributed by atoms with E-state index in [1.807, 2.05) is 49.1 Å². The largest absolute Gasteiger partial charge is 0.496 e. The maximum Gasteiger partial charge on any atom is 0.162 e. The van der Waals surface area contributed by atoms with Crippen molar-refractivity contribution in [2.75, 3.05) is 24.2 Å². The minimum absolute atomic E-state index is 0.731. The van der Waals surface area contributed by atoms with Crippen LogP contribution in [0.4, 0.5) is 17.2 Å². The summed E-state index contributed by atoms with van der Waals surface area (Å²) in [7, 11) is 3.65. The van der Waals surface area contributed by atoms with Crippen LogP contribution in [0.15, 0.2) is 47.2 Å². The molecule has 2 N–H and O–H groups in total. The van der Waals surface area contributed by atoms with Gasteiger partial charge in [-0.15, -0.1) is 5.53 Å². The van der Waals surface area contributed by atoms with Gasteiger partial charge in [-0.3, -0.25) is 5.01 Å². The van der Waals surface area contributed by atoms with Crippen LogP contribution in [0.5, 0.6) is 5.75 Å². The molecular formula is C23H21N7O2. The van der Waals surface area contributed by atoms with Crippen LogP contribution in [0, 0.1) is 13.8 Å². The fourth-order valence-corrected chi connectivity index (χ4v) is 4.49. The van der Waals surface area contributed by atoms with Gasteiger partial charge in [-0.1, -0.05) is 17.3 Å². The Morgan fingerprint density at radius 1 is 1.06 bits per heavy atom. The summed E-state index contributed by atoms with van der Waals surface area (Å²) in [6.45, 7) is 3.83. The van der Waals surface area contributed by atoms with Crippen molar-refractivity contribution in [1.29, 1.82) is 0 Å². The lowest BCUT2D eigenvalue weighted by molar-refractivity contribution is 0.393. The Bertz CT molecular complexity index is 1480. The van der Waals surface area contributed by atoms with E-state index in [2.05, 4.69) is 43.8 Å². The van der Waals surface area contributed by atoms with Crippen LogP contribution >= 0.6 is 0 Å². The Morgan fingerprint density at radius 3 is 2.62 bits per heavy atom. The molecule has 6 rings (SSSR count). The fourth-order valence-electron chi connectivity index (χ4n) is 4.49. The molecule has 3 aromatic heterocycles. The van der Waals surface area contributed by atoms with Gasteiger partial charge in [0.1, 0.15) is 23.5 Å². The standard InChI is InChI=1S/C23H21N7O2/c1-12-20(13(2)32-27-12)15-9-16-14(10-19(15)31-4)21-22(26-16)24-11-25-23(21)30-18-8-6-5-7-17(18)29(3)28-30/h5-11,28H,1-4H3,(H,24,25,26). The highest BCUT2D eigenvalue weighted by Crippen LogP contribution is 2.43. The zero-order chi connectivity index (χ0) is 22.0. The Balaban J connectivity index is 1.61. The molecule has 0 atom stereocenters. The third-order valence-corrected chi connectivity index (χ3v) is 5.94. The summed E-state index contributed by atoms with van der Waals surface area (Å²) >= 11 is 0. The highest BCUT2D eigenvalue weighted by Gasteiger charge is 2.28. The van der Waals surface area contributed by atoms with Crippen molar-refractivity contribution < 1.29 is 9.26 Å². The second kappa shape index (κ2) is 6.69. The van der Waals surface area contributed by atoms with Gasteiger partial charge in [-0.2, -0.15) is 0 Å². The number of hydrazine groups is 2. The number of nitrogens with zero attached hydrogens (tertiary/aromatic N) is 5. The summed E-state index contributed by atoms with van der Waals surface area (Å²) in [6, 6.07) is 12.2. The molecule has 1 aliphatic heterocycles. The molecule has 4 heterocycles. The van der Waals surface area contributed by atoms with Gasteiger partial charge in [-0.05, 0) is 38.1 Å². The molecule has 160 valence electrons. The summed E-state index contributed by atoms with van der Waals surface area (Å²) < 4.78 is 11.2. The fraction of sp³-hybridized carbons (Fsp3) is 0.174. The Hall–Kier alpha value is -4.11. The van der Waals surface area contributed by atoms with Crippen LogP contribution in [0.3, 0.4) is 0 Å². The average Bonchev–Trinajstić information content (AvgIpc) is 3.45. The topological polar surface area (TPSA) is 95.3 Å². The lowest BCUT2D eigenvalue weighted by Crippen LogP contribution is -2.39. The number of ether oxygens (including phenoxy) is 1. The van der Waals surface area contributed by atoms with Gasteiger partial charge >= 0.3 is 0 Å². The van der Waals surface area contributed by atoms with Crippen LogP contribution in [0.2, 0.25) is 0 Å². The number of aryl methyl sites for hydroxylation is 2. The number of methoxy groups -OCH3 is 1. The summed E-state index contributed by atoms with van der Waals surface area (Å²) in [5.74, 6) is 2.23. The number of H-pyrrole nitrogens is 1. The zero-order valence-corrected chi connectivity index (χ0v) is 18.1. The maximum atomic E-state index is 5.78. The number of benzene rings is 2. The van der Waals surface area contributed by atoms with E-state index >= 15 is 0 Å². The van der Waals surface area contributed by atoms with E-state index < -0.39 is 0 Å². The van der Waals surface area contributed by atoms with Crippen LogP contribution < -0.4 is 20.3 Å². The molecule has 0 spiro atoms. The Labute approximate surface area is 183 Å².